The molecule has 0 fully saturated rings. The summed E-state index contributed by atoms with van der Waals surface area (Å²) in [5.41, 5.74) is 7.90. The Hall–Kier alpha value is -7.00. The SMILES string of the molecule is N#CC(C#N)=C1c2cc(-c3ccc(O)cc3)ccc2-c2nc3c(nc21)-c1ccc(-c2ccc(O)cc2)cc1C3=C(C#N)C#N. The number of nitriles is 4. The Morgan fingerprint density at radius 1 is 0.432 bits per heavy atom. The first-order chi connectivity index (χ1) is 21.4. The molecule has 1 heterocycles. The van der Waals surface area contributed by atoms with Crippen molar-refractivity contribution < 1.29 is 10.2 Å². The second-order valence-electron chi connectivity index (χ2n) is 10.2. The third-order valence-corrected chi connectivity index (χ3v) is 7.81. The zero-order chi connectivity index (χ0) is 30.5. The minimum absolute atomic E-state index is 0.117. The summed E-state index contributed by atoms with van der Waals surface area (Å²) in [5, 5.41) is 59.2. The van der Waals surface area contributed by atoms with Crippen molar-refractivity contribution in [2.24, 2.45) is 0 Å². The van der Waals surface area contributed by atoms with E-state index in [1.165, 1.54) is 0 Å². The lowest BCUT2D eigenvalue weighted by Gasteiger charge is -2.07. The lowest BCUT2D eigenvalue weighted by Crippen LogP contribution is -1.98. The van der Waals surface area contributed by atoms with Crippen LogP contribution in [0.4, 0.5) is 0 Å². The van der Waals surface area contributed by atoms with Crippen molar-refractivity contribution in [3.63, 3.8) is 0 Å². The summed E-state index contributed by atoms with van der Waals surface area (Å²) in [4.78, 5) is 9.95. The van der Waals surface area contributed by atoms with Gasteiger partial charge in [0.2, 0.25) is 0 Å². The highest BCUT2D eigenvalue weighted by Gasteiger charge is 2.36. The van der Waals surface area contributed by atoms with E-state index in [1.807, 2.05) is 60.7 Å². The summed E-state index contributed by atoms with van der Waals surface area (Å²) < 4.78 is 0. The Kier molecular flexibility index (Phi) is 5.79. The van der Waals surface area contributed by atoms with Crippen LogP contribution in [0.25, 0.3) is 55.9 Å². The van der Waals surface area contributed by atoms with E-state index in [4.69, 9.17) is 9.97 Å². The molecule has 0 bridgehead atoms. The molecule has 0 unspecified atom stereocenters. The van der Waals surface area contributed by atoms with Gasteiger partial charge in [-0.3, -0.25) is 0 Å². The Bertz CT molecular complexity index is 2120. The minimum Gasteiger partial charge on any atom is -0.508 e. The third kappa shape index (κ3) is 3.81. The first-order valence-corrected chi connectivity index (χ1v) is 13.4. The fraction of sp³-hybridized carbons (Fsp3) is 0. The predicted octanol–water partition coefficient (Wildman–Crippen LogP) is 6.88. The monoisotopic (exact) mass is 564 g/mol. The molecule has 0 radical (unpaired) electrons. The number of fused-ring (bicyclic) bond motifs is 6. The Morgan fingerprint density at radius 2 is 0.773 bits per heavy atom. The van der Waals surface area contributed by atoms with Crippen LogP contribution in [0.5, 0.6) is 11.5 Å². The van der Waals surface area contributed by atoms with Gasteiger partial charge in [0.15, 0.2) is 0 Å². The van der Waals surface area contributed by atoms with E-state index in [2.05, 4.69) is 0 Å². The van der Waals surface area contributed by atoms with E-state index in [-0.39, 0.29) is 22.6 Å². The molecule has 4 aromatic carbocycles. The van der Waals surface area contributed by atoms with E-state index in [0.717, 1.165) is 22.3 Å². The van der Waals surface area contributed by atoms with Gasteiger partial charge in [0.25, 0.3) is 0 Å². The number of hydrogen-bond donors (Lipinski definition) is 2. The predicted molar refractivity (Wildman–Crippen MR) is 162 cm³/mol. The molecular weight excluding hydrogens is 548 g/mol. The number of phenolic OH excluding ortho intramolecular Hbond substituents is 2. The van der Waals surface area contributed by atoms with Crippen molar-refractivity contribution in [2.75, 3.05) is 0 Å². The number of allylic oxidation sites excluding steroid dienone is 2. The lowest BCUT2D eigenvalue weighted by atomic mass is 9.96. The molecule has 2 aliphatic rings. The molecule has 0 aliphatic heterocycles. The second-order valence-corrected chi connectivity index (χ2v) is 10.2. The molecule has 8 nitrogen and oxygen atoms in total. The lowest BCUT2D eigenvalue weighted by molar-refractivity contribution is 0.475. The molecule has 0 amide bonds. The first-order valence-electron chi connectivity index (χ1n) is 13.4. The average Bonchev–Trinajstić information content (AvgIpc) is 3.53. The Morgan fingerprint density at radius 3 is 1.11 bits per heavy atom. The third-order valence-electron chi connectivity index (χ3n) is 7.81. The summed E-state index contributed by atoms with van der Waals surface area (Å²) in [5.74, 6) is 0.269. The van der Waals surface area contributed by atoms with Crippen LogP contribution in [0.3, 0.4) is 0 Å². The molecule has 2 N–H and O–H groups in total. The van der Waals surface area contributed by atoms with Gasteiger partial charge in [-0.25, -0.2) is 9.97 Å². The molecule has 5 aromatic rings. The van der Waals surface area contributed by atoms with Crippen LogP contribution in [-0.2, 0) is 0 Å². The largest absolute Gasteiger partial charge is 0.508 e. The van der Waals surface area contributed by atoms with Crippen molar-refractivity contribution in [3.05, 3.63) is 119 Å². The van der Waals surface area contributed by atoms with Crippen LogP contribution in [-0.4, -0.2) is 20.2 Å². The van der Waals surface area contributed by atoms with Crippen molar-refractivity contribution in [1.29, 1.82) is 21.0 Å². The van der Waals surface area contributed by atoms with Gasteiger partial charge in [0.05, 0.1) is 11.4 Å². The maximum Gasteiger partial charge on any atom is 0.139 e. The maximum atomic E-state index is 9.94. The number of nitrogens with zero attached hydrogens (tertiary/aromatic N) is 6. The smallest absolute Gasteiger partial charge is 0.139 e. The maximum absolute atomic E-state index is 9.94. The van der Waals surface area contributed by atoms with Crippen molar-refractivity contribution in [3.8, 4) is 80.5 Å². The quantitative estimate of drug-likeness (QED) is 0.215. The van der Waals surface area contributed by atoms with Crippen LogP contribution < -0.4 is 0 Å². The molecule has 202 valence electrons. The van der Waals surface area contributed by atoms with E-state index in [0.29, 0.717) is 56.2 Å². The Balaban J connectivity index is 1.48. The van der Waals surface area contributed by atoms with Gasteiger partial charge in [-0.15, -0.1) is 0 Å². The van der Waals surface area contributed by atoms with Gasteiger partial charge < -0.3 is 10.2 Å². The summed E-state index contributed by atoms with van der Waals surface area (Å²) in [6.45, 7) is 0. The molecule has 7 rings (SSSR count). The molecule has 1 aromatic heterocycles. The van der Waals surface area contributed by atoms with Crippen LogP contribution in [0.1, 0.15) is 22.5 Å². The summed E-state index contributed by atoms with van der Waals surface area (Å²) in [7, 11) is 0. The van der Waals surface area contributed by atoms with Crippen molar-refractivity contribution >= 4 is 11.1 Å². The zero-order valence-electron chi connectivity index (χ0n) is 22.7. The highest BCUT2D eigenvalue weighted by molar-refractivity contribution is 6.07. The zero-order valence-corrected chi connectivity index (χ0v) is 22.7. The van der Waals surface area contributed by atoms with Crippen molar-refractivity contribution in [2.45, 2.75) is 0 Å². The number of benzene rings is 4. The Labute approximate surface area is 251 Å². The second kappa shape index (κ2) is 9.82. The van der Waals surface area contributed by atoms with Crippen LogP contribution >= 0.6 is 0 Å². The van der Waals surface area contributed by atoms with Crippen LogP contribution in [0, 0.1) is 45.3 Å². The van der Waals surface area contributed by atoms with E-state index < -0.39 is 0 Å². The molecule has 0 saturated carbocycles. The van der Waals surface area contributed by atoms with Crippen LogP contribution in [0.15, 0.2) is 96.1 Å². The first kappa shape index (κ1) is 25.9. The van der Waals surface area contributed by atoms with Gasteiger partial charge in [-0.1, -0.05) is 48.5 Å². The highest BCUT2D eigenvalue weighted by atomic mass is 16.3. The molecule has 2 aliphatic carbocycles. The van der Waals surface area contributed by atoms with E-state index in [9.17, 15) is 31.3 Å². The summed E-state index contributed by atoms with van der Waals surface area (Å²) in [6, 6.07) is 32.6. The summed E-state index contributed by atoms with van der Waals surface area (Å²) in [6.07, 6.45) is 0. The van der Waals surface area contributed by atoms with Crippen molar-refractivity contribution in [1.82, 2.24) is 9.97 Å². The fourth-order valence-electron chi connectivity index (χ4n) is 5.78. The van der Waals surface area contributed by atoms with Crippen LogP contribution in [0.2, 0.25) is 0 Å². The molecule has 0 spiro atoms. The van der Waals surface area contributed by atoms with Gasteiger partial charge in [0.1, 0.15) is 58.3 Å². The van der Waals surface area contributed by atoms with Gasteiger partial charge in [0, 0.05) is 22.3 Å². The molecule has 0 atom stereocenters. The highest BCUT2D eigenvalue weighted by Crippen LogP contribution is 2.51. The van der Waals surface area contributed by atoms with Gasteiger partial charge >= 0.3 is 0 Å². The van der Waals surface area contributed by atoms with E-state index >= 15 is 0 Å². The average molecular weight is 565 g/mol. The van der Waals surface area contributed by atoms with Gasteiger partial charge in [-0.2, -0.15) is 21.0 Å². The number of rotatable bonds is 2. The fourth-order valence-corrected chi connectivity index (χ4v) is 5.78. The number of aromatic nitrogens is 2. The number of phenols is 2. The standard InChI is InChI=1S/C36H16N6O2/c37-15-23(16-38)31-29-13-21(19-1-7-25(43)8-2-19)5-11-27(29)33-35(31)42-34-28-12-6-22(20-3-9-26(44)10-4-20)14-30(28)32(36(34)41-33)24(17-39)18-40/h1-14,43-44H. The normalized spacial score (nSPS) is 11.6. The molecule has 0 saturated heterocycles. The molecular formula is C36H16N6O2. The number of aromatic hydroxyl groups is 2. The van der Waals surface area contributed by atoms with E-state index in [1.54, 1.807) is 48.5 Å². The molecule has 44 heavy (non-hydrogen) atoms. The molecule has 8 heteroatoms. The summed E-state index contributed by atoms with van der Waals surface area (Å²) >= 11 is 0. The minimum atomic E-state index is -0.117. The number of hydrogen-bond acceptors (Lipinski definition) is 8. The topological polar surface area (TPSA) is 161 Å². The van der Waals surface area contributed by atoms with Gasteiger partial charge in [-0.05, 0) is 69.8 Å².